The highest BCUT2D eigenvalue weighted by atomic mass is 32.1. The van der Waals surface area contributed by atoms with Crippen LogP contribution in [-0.2, 0) is 0 Å². The van der Waals surface area contributed by atoms with E-state index < -0.39 is 0 Å². The molecule has 4 nitrogen and oxygen atoms in total. The zero-order valence-electron chi connectivity index (χ0n) is 9.74. The van der Waals surface area contributed by atoms with E-state index in [1.54, 1.807) is 23.9 Å². The molecule has 0 radical (unpaired) electrons. The zero-order valence-corrected chi connectivity index (χ0v) is 10.6. The molecule has 0 spiro atoms. The topological polar surface area (TPSA) is 52.1 Å². The van der Waals surface area contributed by atoms with E-state index in [9.17, 15) is 0 Å². The minimum atomic E-state index is 0.687. The SMILES string of the molecule is c1coc(-c2nc3cscc3nc2-c2ccco2)c1. The van der Waals surface area contributed by atoms with E-state index in [4.69, 9.17) is 8.83 Å². The highest BCUT2D eigenvalue weighted by Crippen LogP contribution is 2.32. The quantitative estimate of drug-likeness (QED) is 0.546. The van der Waals surface area contributed by atoms with Crippen molar-refractivity contribution in [3.05, 3.63) is 47.6 Å². The number of aromatic nitrogens is 2. The summed E-state index contributed by atoms with van der Waals surface area (Å²) in [6, 6.07) is 7.41. The number of nitrogens with zero attached hydrogens (tertiary/aromatic N) is 2. The number of rotatable bonds is 2. The molecule has 92 valence electrons. The van der Waals surface area contributed by atoms with Crippen molar-refractivity contribution in [3.8, 4) is 22.9 Å². The van der Waals surface area contributed by atoms with Crippen molar-refractivity contribution in [2.45, 2.75) is 0 Å². The molecule has 0 fully saturated rings. The van der Waals surface area contributed by atoms with E-state index in [0.29, 0.717) is 22.9 Å². The van der Waals surface area contributed by atoms with Crippen LogP contribution in [-0.4, -0.2) is 9.97 Å². The number of hydrogen-bond acceptors (Lipinski definition) is 5. The van der Waals surface area contributed by atoms with Gasteiger partial charge in [0.15, 0.2) is 11.5 Å². The Morgan fingerprint density at radius 3 is 1.74 bits per heavy atom. The molecule has 4 rings (SSSR count). The van der Waals surface area contributed by atoms with Gasteiger partial charge in [0.2, 0.25) is 0 Å². The van der Waals surface area contributed by atoms with E-state index in [0.717, 1.165) is 11.0 Å². The van der Waals surface area contributed by atoms with Crippen LogP contribution >= 0.6 is 11.3 Å². The van der Waals surface area contributed by atoms with Gasteiger partial charge in [0.25, 0.3) is 0 Å². The molecule has 0 aliphatic carbocycles. The molecule has 0 bridgehead atoms. The molecule has 0 aromatic carbocycles. The van der Waals surface area contributed by atoms with Crippen LogP contribution in [0.3, 0.4) is 0 Å². The first kappa shape index (κ1) is 10.5. The Balaban J connectivity index is 2.06. The van der Waals surface area contributed by atoms with E-state index in [2.05, 4.69) is 9.97 Å². The average Bonchev–Trinajstić information content (AvgIpc) is 3.18. The lowest BCUT2D eigenvalue weighted by atomic mass is 10.2. The van der Waals surface area contributed by atoms with Gasteiger partial charge in [-0.1, -0.05) is 0 Å². The number of furan rings is 2. The summed E-state index contributed by atoms with van der Waals surface area (Å²) in [4.78, 5) is 9.26. The number of fused-ring (bicyclic) bond motifs is 1. The predicted octanol–water partition coefficient (Wildman–Crippen LogP) is 4.21. The molecule has 0 unspecified atom stereocenters. The van der Waals surface area contributed by atoms with Crippen molar-refractivity contribution in [2.75, 3.05) is 0 Å². The molecule has 4 heterocycles. The average molecular weight is 268 g/mol. The maximum Gasteiger partial charge on any atom is 0.154 e. The van der Waals surface area contributed by atoms with Gasteiger partial charge in [0, 0.05) is 10.8 Å². The smallest absolute Gasteiger partial charge is 0.154 e. The van der Waals surface area contributed by atoms with E-state index in [1.807, 2.05) is 35.0 Å². The summed E-state index contributed by atoms with van der Waals surface area (Å²) >= 11 is 1.58. The largest absolute Gasteiger partial charge is 0.463 e. The fourth-order valence-electron chi connectivity index (χ4n) is 1.97. The van der Waals surface area contributed by atoms with Crippen molar-refractivity contribution < 1.29 is 8.83 Å². The van der Waals surface area contributed by atoms with E-state index >= 15 is 0 Å². The van der Waals surface area contributed by atoms with Crippen LogP contribution in [0.1, 0.15) is 0 Å². The minimum Gasteiger partial charge on any atom is -0.463 e. The van der Waals surface area contributed by atoms with Crippen molar-refractivity contribution in [3.63, 3.8) is 0 Å². The highest BCUT2D eigenvalue weighted by Gasteiger charge is 2.17. The Morgan fingerprint density at radius 1 is 0.789 bits per heavy atom. The third-order valence-corrected chi connectivity index (χ3v) is 3.54. The van der Waals surface area contributed by atoms with Crippen LogP contribution in [0.4, 0.5) is 0 Å². The zero-order chi connectivity index (χ0) is 12.7. The number of hydrogen-bond donors (Lipinski definition) is 0. The summed E-state index contributed by atoms with van der Waals surface area (Å²) in [6.45, 7) is 0. The van der Waals surface area contributed by atoms with Gasteiger partial charge in [-0.3, -0.25) is 0 Å². The van der Waals surface area contributed by atoms with Crippen molar-refractivity contribution in [1.82, 2.24) is 9.97 Å². The normalized spacial score (nSPS) is 11.2. The van der Waals surface area contributed by atoms with E-state index in [1.165, 1.54) is 0 Å². The molecule has 5 heteroatoms. The lowest BCUT2D eigenvalue weighted by Crippen LogP contribution is -1.91. The first-order valence-corrected chi connectivity index (χ1v) is 6.68. The van der Waals surface area contributed by atoms with Crippen LogP contribution in [0.2, 0.25) is 0 Å². The van der Waals surface area contributed by atoms with Crippen LogP contribution in [0.15, 0.2) is 56.4 Å². The van der Waals surface area contributed by atoms with Gasteiger partial charge in [-0.05, 0) is 24.3 Å². The Hall–Kier alpha value is -2.40. The summed E-state index contributed by atoms with van der Waals surface area (Å²) in [6.07, 6.45) is 3.25. The Bertz CT molecular complexity index is 748. The van der Waals surface area contributed by atoms with Crippen LogP contribution in [0, 0.1) is 0 Å². The molecular formula is C14H8N2O2S. The molecule has 0 saturated heterocycles. The molecule has 0 amide bonds. The standard InChI is InChI=1S/C14H8N2O2S/c1-3-11(17-5-1)13-14(12-4-2-6-18-12)16-10-8-19-7-9(10)15-13/h1-8H. The van der Waals surface area contributed by atoms with Gasteiger partial charge in [-0.25, -0.2) is 9.97 Å². The maximum atomic E-state index is 5.44. The molecule has 0 aliphatic rings. The lowest BCUT2D eigenvalue weighted by Gasteiger charge is -2.03. The molecule has 19 heavy (non-hydrogen) atoms. The first-order valence-electron chi connectivity index (χ1n) is 5.73. The fourth-order valence-corrected chi connectivity index (χ4v) is 2.64. The second-order valence-electron chi connectivity index (χ2n) is 4.02. The van der Waals surface area contributed by atoms with Gasteiger partial charge < -0.3 is 8.83 Å². The fraction of sp³-hybridized carbons (Fsp3) is 0. The lowest BCUT2D eigenvalue weighted by molar-refractivity contribution is 0.572. The van der Waals surface area contributed by atoms with Gasteiger partial charge in [-0.15, -0.1) is 11.3 Å². The van der Waals surface area contributed by atoms with Gasteiger partial charge in [-0.2, -0.15) is 0 Å². The highest BCUT2D eigenvalue weighted by molar-refractivity contribution is 7.09. The predicted molar refractivity (Wildman–Crippen MR) is 72.8 cm³/mol. The molecular weight excluding hydrogens is 260 g/mol. The third-order valence-electron chi connectivity index (χ3n) is 2.82. The monoisotopic (exact) mass is 268 g/mol. The maximum absolute atomic E-state index is 5.44. The van der Waals surface area contributed by atoms with Crippen molar-refractivity contribution in [1.29, 1.82) is 0 Å². The summed E-state index contributed by atoms with van der Waals surface area (Å²) in [7, 11) is 0. The minimum absolute atomic E-state index is 0.687. The van der Waals surface area contributed by atoms with E-state index in [-0.39, 0.29) is 0 Å². The van der Waals surface area contributed by atoms with Gasteiger partial charge >= 0.3 is 0 Å². The summed E-state index contributed by atoms with van der Waals surface area (Å²) in [5.74, 6) is 1.37. The molecule has 0 aliphatic heterocycles. The first-order chi connectivity index (χ1) is 9.42. The molecule has 4 aromatic rings. The van der Waals surface area contributed by atoms with Crippen LogP contribution < -0.4 is 0 Å². The molecule has 0 N–H and O–H groups in total. The Kier molecular flexibility index (Phi) is 2.25. The molecule has 4 aromatic heterocycles. The number of thiophene rings is 1. The summed E-state index contributed by atoms with van der Waals surface area (Å²) < 4.78 is 10.9. The second-order valence-corrected chi connectivity index (χ2v) is 4.76. The Labute approximate surface area is 112 Å². The van der Waals surface area contributed by atoms with Gasteiger partial charge in [0.1, 0.15) is 22.4 Å². The van der Waals surface area contributed by atoms with Crippen molar-refractivity contribution >= 4 is 22.4 Å². The third kappa shape index (κ3) is 1.67. The van der Waals surface area contributed by atoms with Gasteiger partial charge in [0.05, 0.1) is 12.5 Å². The molecule has 0 saturated carbocycles. The van der Waals surface area contributed by atoms with Crippen LogP contribution in [0.5, 0.6) is 0 Å². The Morgan fingerprint density at radius 2 is 1.32 bits per heavy atom. The summed E-state index contributed by atoms with van der Waals surface area (Å²) in [5.41, 5.74) is 3.13. The van der Waals surface area contributed by atoms with Crippen molar-refractivity contribution in [2.24, 2.45) is 0 Å². The molecule has 0 atom stereocenters. The summed E-state index contributed by atoms with van der Waals surface area (Å²) in [5, 5.41) is 3.95. The van der Waals surface area contributed by atoms with Crippen LogP contribution in [0.25, 0.3) is 33.9 Å². The second kappa shape index (κ2) is 4.07.